The van der Waals surface area contributed by atoms with E-state index in [0.717, 1.165) is 24.9 Å². The van der Waals surface area contributed by atoms with Gasteiger partial charge in [0, 0.05) is 6.54 Å². The second-order valence-electron chi connectivity index (χ2n) is 6.52. The first-order chi connectivity index (χ1) is 11.3. The summed E-state index contributed by atoms with van der Waals surface area (Å²) in [5.41, 5.74) is 0.994. The van der Waals surface area contributed by atoms with Gasteiger partial charge in [0.1, 0.15) is 0 Å². The number of hydrogen-bond donors (Lipinski definition) is 2. The van der Waals surface area contributed by atoms with E-state index in [2.05, 4.69) is 16.5 Å². The topological polar surface area (TPSA) is 78.9 Å². The van der Waals surface area contributed by atoms with E-state index in [0.29, 0.717) is 6.54 Å². The molecule has 0 radical (unpaired) electrons. The molecule has 0 amide bonds. The van der Waals surface area contributed by atoms with Gasteiger partial charge in [0.25, 0.3) is 0 Å². The predicted octanol–water partition coefficient (Wildman–Crippen LogP) is 1.13. The van der Waals surface area contributed by atoms with Crippen LogP contribution in [0.25, 0.3) is 0 Å². The van der Waals surface area contributed by atoms with Gasteiger partial charge in [-0.3, -0.25) is 0 Å². The number of likely N-dealkylation sites (N-methyl/N-ethyl adjacent to an activating group) is 1. The summed E-state index contributed by atoms with van der Waals surface area (Å²) >= 11 is 0. The molecule has 6 nitrogen and oxygen atoms in total. The predicted molar refractivity (Wildman–Crippen MR) is 93.4 cm³/mol. The number of aliphatic hydroxyl groups is 1. The maximum Gasteiger partial charge on any atom is 0.240 e. The van der Waals surface area contributed by atoms with Crippen LogP contribution >= 0.6 is 0 Å². The molecule has 136 valence electrons. The van der Waals surface area contributed by atoms with Gasteiger partial charge in [-0.1, -0.05) is 31.0 Å². The van der Waals surface area contributed by atoms with Crippen molar-refractivity contribution >= 4 is 10.0 Å². The highest BCUT2D eigenvalue weighted by Crippen LogP contribution is 2.19. The summed E-state index contributed by atoms with van der Waals surface area (Å²) in [4.78, 5) is 2.30. The van der Waals surface area contributed by atoms with Gasteiger partial charge >= 0.3 is 0 Å². The van der Waals surface area contributed by atoms with E-state index < -0.39 is 22.2 Å². The number of aliphatic hydroxyl groups excluding tert-OH is 1. The number of sulfonamides is 1. The van der Waals surface area contributed by atoms with Crippen LogP contribution in [0, 0.1) is 6.92 Å². The highest BCUT2D eigenvalue weighted by Gasteiger charge is 2.38. The van der Waals surface area contributed by atoms with Crippen LogP contribution < -0.4 is 4.72 Å². The third-order valence-corrected chi connectivity index (χ3v) is 5.81. The fourth-order valence-corrected chi connectivity index (χ4v) is 4.00. The molecule has 3 atom stereocenters. The molecule has 1 aliphatic heterocycles. The molecule has 1 heterocycles. The molecule has 2 N–H and O–H groups in total. The van der Waals surface area contributed by atoms with Crippen molar-refractivity contribution < 1.29 is 18.3 Å². The summed E-state index contributed by atoms with van der Waals surface area (Å²) in [6.07, 6.45) is 0.965. The Labute approximate surface area is 144 Å². The maximum absolute atomic E-state index is 12.4. The van der Waals surface area contributed by atoms with Crippen molar-refractivity contribution in [3.63, 3.8) is 0 Å². The van der Waals surface area contributed by atoms with E-state index in [1.807, 2.05) is 14.0 Å². The molecule has 0 aromatic heterocycles. The molecule has 0 spiro atoms. The Morgan fingerprint density at radius 3 is 2.62 bits per heavy atom. The molecule has 7 heteroatoms. The second kappa shape index (κ2) is 8.40. The van der Waals surface area contributed by atoms with Gasteiger partial charge in [-0.05, 0) is 39.1 Å². The highest BCUT2D eigenvalue weighted by molar-refractivity contribution is 7.89. The molecule has 0 aliphatic carbocycles. The van der Waals surface area contributed by atoms with Crippen molar-refractivity contribution in [1.29, 1.82) is 0 Å². The Morgan fingerprint density at radius 2 is 2.00 bits per heavy atom. The number of unbranched alkanes of at least 4 members (excludes halogenated alkanes) is 1. The number of nitrogens with zero attached hydrogens (tertiary/aromatic N) is 1. The number of nitrogens with one attached hydrogen (secondary N) is 1. The standard InChI is InChI=1S/C17H28N2O4S/c1-4-5-10-19(3)11-16-17(20)15(12-23-16)18-24(21,22)14-8-6-13(2)7-9-14/h6-9,15-18,20H,4-5,10-12H2,1-3H3. The van der Waals surface area contributed by atoms with Crippen molar-refractivity contribution in [2.45, 2.75) is 49.8 Å². The van der Waals surface area contributed by atoms with Gasteiger partial charge in [-0.25, -0.2) is 13.1 Å². The first kappa shape index (κ1) is 19.3. The summed E-state index contributed by atoms with van der Waals surface area (Å²) in [5.74, 6) is 0. The van der Waals surface area contributed by atoms with Crippen LogP contribution in [-0.4, -0.2) is 63.4 Å². The first-order valence-electron chi connectivity index (χ1n) is 8.40. The van der Waals surface area contributed by atoms with E-state index in [-0.39, 0.29) is 17.6 Å². The smallest absolute Gasteiger partial charge is 0.240 e. The zero-order chi connectivity index (χ0) is 17.7. The molecule has 24 heavy (non-hydrogen) atoms. The van der Waals surface area contributed by atoms with Crippen LogP contribution in [0.2, 0.25) is 0 Å². The lowest BCUT2D eigenvalue weighted by Gasteiger charge is -2.23. The zero-order valence-corrected chi connectivity index (χ0v) is 15.4. The van der Waals surface area contributed by atoms with Gasteiger partial charge in [0.05, 0.1) is 29.8 Å². The van der Waals surface area contributed by atoms with Gasteiger partial charge < -0.3 is 14.7 Å². The van der Waals surface area contributed by atoms with Crippen LogP contribution in [0.3, 0.4) is 0 Å². The lowest BCUT2D eigenvalue weighted by molar-refractivity contribution is 0.0203. The summed E-state index contributed by atoms with van der Waals surface area (Å²) in [5, 5.41) is 10.4. The third-order valence-electron chi connectivity index (χ3n) is 4.31. The molecule has 1 fully saturated rings. The Hall–Kier alpha value is -0.990. The van der Waals surface area contributed by atoms with E-state index >= 15 is 0 Å². The van der Waals surface area contributed by atoms with Crippen LogP contribution in [0.1, 0.15) is 25.3 Å². The Balaban J connectivity index is 1.95. The number of hydrogen-bond acceptors (Lipinski definition) is 5. The average molecular weight is 356 g/mol. The minimum absolute atomic E-state index is 0.179. The fourth-order valence-electron chi connectivity index (χ4n) is 2.76. The largest absolute Gasteiger partial charge is 0.389 e. The SMILES string of the molecule is CCCCN(C)CC1OCC(NS(=O)(=O)c2ccc(C)cc2)C1O. The van der Waals surface area contributed by atoms with Crippen molar-refractivity contribution in [2.75, 3.05) is 26.7 Å². The van der Waals surface area contributed by atoms with E-state index in [1.54, 1.807) is 24.3 Å². The van der Waals surface area contributed by atoms with E-state index in [9.17, 15) is 13.5 Å². The molecule has 0 bridgehead atoms. The van der Waals surface area contributed by atoms with Gasteiger partial charge in [0.2, 0.25) is 10.0 Å². The fraction of sp³-hybridized carbons (Fsp3) is 0.647. The summed E-state index contributed by atoms with van der Waals surface area (Å²) in [6.45, 7) is 5.73. The second-order valence-corrected chi connectivity index (χ2v) is 8.23. The van der Waals surface area contributed by atoms with E-state index in [4.69, 9.17) is 4.74 Å². The van der Waals surface area contributed by atoms with Crippen molar-refractivity contribution in [1.82, 2.24) is 9.62 Å². The van der Waals surface area contributed by atoms with Crippen LogP contribution in [0.4, 0.5) is 0 Å². The van der Waals surface area contributed by atoms with Crippen molar-refractivity contribution in [2.24, 2.45) is 0 Å². The lowest BCUT2D eigenvalue weighted by atomic mass is 10.1. The number of benzene rings is 1. The molecular formula is C17H28N2O4S. The monoisotopic (exact) mass is 356 g/mol. The average Bonchev–Trinajstić information content (AvgIpc) is 2.86. The maximum atomic E-state index is 12.4. The van der Waals surface area contributed by atoms with Crippen LogP contribution in [0.15, 0.2) is 29.2 Å². The minimum Gasteiger partial charge on any atom is -0.389 e. The Morgan fingerprint density at radius 1 is 1.33 bits per heavy atom. The summed E-state index contributed by atoms with van der Waals surface area (Å²) in [6, 6.07) is 6.01. The number of ether oxygens (including phenoxy) is 1. The molecule has 1 saturated heterocycles. The zero-order valence-electron chi connectivity index (χ0n) is 14.6. The first-order valence-corrected chi connectivity index (χ1v) is 9.89. The summed E-state index contributed by atoms with van der Waals surface area (Å²) in [7, 11) is -1.68. The quantitative estimate of drug-likeness (QED) is 0.730. The summed E-state index contributed by atoms with van der Waals surface area (Å²) < 4.78 is 33.0. The molecule has 1 aromatic rings. The Kier molecular flexibility index (Phi) is 6.77. The molecule has 3 unspecified atom stereocenters. The van der Waals surface area contributed by atoms with Crippen molar-refractivity contribution in [3.05, 3.63) is 29.8 Å². The van der Waals surface area contributed by atoms with Gasteiger partial charge in [-0.2, -0.15) is 0 Å². The number of rotatable bonds is 8. The van der Waals surface area contributed by atoms with E-state index in [1.165, 1.54) is 0 Å². The Bertz CT molecular complexity index is 618. The minimum atomic E-state index is -3.66. The molecule has 1 aliphatic rings. The normalized spacial score (nSPS) is 24.6. The lowest BCUT2D eigenvalue weighted by Crippen LogP contribution is -2.46. The third kappa shape index (κ3) is 5.00. The van der Waals surface area contributed by atoms with Crippen molar-refractivity contribution in [3.8, 4) is 0 Å². The number of aryl methyl sites for hydroxylation is 1. The molecular weight excluding hydrogens is 328 g/mol. The molecule has 0 saturated carbocycles. The highest BCUT2D eigenvalue weighted by atomic mass is 32.2. The molecule has 2 rings (SSSR count). The van der Waals surface area contributed by atoms with Gasteiger partial charge in [0.15, 0.2) is 0 Å². The van der Waals surface area contributed by atoms with Crippen LogP contribution in [-0.2, 0) is 14.8 Å². The van der Waals surface area contributed by atoms with Crippen LogP contribution in [0.5, 0.6) is 0 Å². The van der Waals surface area contributed by atoms with Gasteiger partial charge in [-0.15, -0.1) is 0 Å². The molecule has 1 aromatic carbocycles.